The summed E-state index contributed by atoms with van der Waals surface area (Å²) >= 11 is 0. The van der Waals surface area contributed by atoms with Gasteiger partial charge in [0.05, 0.1) is 6.33 Å². The zero-order chi connectivity index (χ0) is 7.90. The van der Waals surface area contributed by atoms with Gasteiger partial charge in [0.2, 0.25) is 0 Å². The molecule has 2 heterocycles. The first kappa shape index (κ1) is 7.29. The Morgan fingerprint density at radius 2 is 2.45 bits per heavy atom. The number of halogens is 1. The molecule has 0 saturated carbocycles. The predicted molar refractivity (Wildman–Crippen MR) is 43.0 cm³/mol. The van der Waals surface area contributed by atoms with Crippen LogP contribution >= 0.6 is 0 Å². The molecule has 0 bridgehead atoms. The molecule has 0 radical (unpaired) electrons. The molecule has 2 rings (SSSR count). The number of rotatable bonds is 0. The minimum atomic E-state index is 0.303. The summed E-state index contributed by atoms with van der Waals surface area (Å²) in [4.78, 5) is 2.40. The monoisotopic (exact) mass is 155 g/mol. The first-order chi connectivity index (χ1) is 5.24. The van der Waals surface area contributed by atoms with Crippen LogP contribution in [-0.4, -0.2) is 23.5 Å². The molecule has 2 heteroatoms. The second kappa shape index (κ2) is 2.31. The highest BCUT2D eigenvalue weighted by atomic mass is 19.1. The van der Waals surface area contributed by atoms with Gasteiger partial charge in [-0.05, 0) is 38.3 Å². The highest BCUT2D eigenvalue weighted by Crippen LogP contribution is 2.40. The topological polar surface area (TPSA) is 3.24 Å². The molecular formula is C9H14FN. The Bertz CT molecular complexity index is 200. The number of hydrogen-bond donors (Lipinski definition) is 0. The molecule has 2 aliphatic rings. The Morgan fingerprint density at radius 3 is 3.09 bits per heavy atom. The van der Waals surface area contributed by atoms with E-state index in [1.54, 1.807) is 0 Å². The van der Waals surface area contributed by atoms with Gasteiger partial charge in [-0.15, -0.1) is 0 Å². The lowest BCUT2D eigenvalue weighted by Gasteiger charge is -2.25. The third-order valence-corrected chi connectivity index (χ3v) is 3.06. The van der Waals surface area contributed by atoms with Crippen molar-refractivity contribution >= 4 is 0 Å². The van der Waals surface area contributed by atoms with Crippen LogP contribution < -0.4 is 0 Å². The summed E-state index contributed by atoms with van der Waals surface area (Å²) in [5.41, 5.74) is 1.28. The van der Waals surface area contributed by atoms with Gasteiger partial charge in [-0.2, -0.15) is 0 Å². The maximum Gasteiger partial charge on any atom is 0.0872 e. The quantitative estimate of drug-likeness (QED) is 0.518. The van der Waals surface area contributed by atoms with Crippen molar-refractivity contribution in [3.63, 3.8) is 0 Å². The van der Waals surface area contributed by atoms with Crippen molar-refractivity contribution in [2.45, 2.75) is 31.7 Å². The fourth-order valence-corrected chi connectivity index (χ4v) is 2.41. The Labute approximate surface area is 66.9 Å². The summed E-state index contributed by atoms with van der Waals surface area (Å²) in [6, 6.07) is 0. The Balaban J connectivity index is 2.19. The van der Waals surface area contributed by atoms with E-state index >= 15 is 0 Å². The molecule has 0 unspecified atom stereocenters. The van der Waals surface area contributed by atoms with Crippen molar-refractivity contribution in [3.8, 4) is 0 Å². The van der Waals surface area contributed by atoms with Gasteiger partial charge in [0.1, 0.15) is 0 Å². The lowest BCUT2D eigenvalue weighted by atomic mass is 9.96. The van der Waals surface area contributed by atoms with Crippen molar-refractivity contribution in [2.75, 3.05) is 13.1 Å². The third-order valence-electron chi connectivity index (χ3n) is 3.06. The molecule has 11 heavy (non-hydrogen) atoms. The standard InChI is InChI=1S/C9H14FN/c1-9-3-2-4-11(9)7-8(5-9)6-10/h6H,2-5,7H2,1H3/b8-6-/t9-/m0/s1. The predicted octanol–water partition coefficient (Wildman–Crippen LogP) is 2.10. The van der Waals surface area contributed by atoms with Crippen LogP contribution in [0.25, 0.3) is 0 Å². The highest BCUT2D eigenvalue weighted by molar-refractivity contribution is 5.17. The molecule has 2 fully saturated rings. The van der Waals surface area contributed by atoms with E-state index in [0.29, 0.717) is 5.54 Å². The van der Waals surface area contributed by atoms with Gasteiger partial charge in [-0.25, -0.2) is 4.39 Å². The van der Waals surface area contributed by atoms with Gasteiger partial charge in [0, 0.05) is 12.1 Å². The largest absolute Gasteiger partial charge is 0.294 e. The summed E-state index contributed by atoms with van der Waals surface area (Å²) in [5, 5.41) is 0. The van der Waals surface area contributed by atoms with E-state index in [2.05, 4.69) is 11.8 Å². The van der Waals surface area contributed by atoms with Crippen LogP contribution in [0, 0.1) is 0 Å². The average Bonchev–Trinajstić information content (AvgIpc) is 2.42. The van der Waals surface area contributed by atoms with E-state index in [1.807, 2.05) is 0 Å². The van der Waals surface area contributed by atoms with Crippen LogP contribution in [0.3, 0.4) is 0 Å². The average molecular weight is 155 g/mol. The summed E-state index contributed by atoms with van der Waals surface area (Å²) in [5.74, 6) is 0. The molecule has 62 valence electrons. The van der Waals surface area contributed by atoms with E-state index in [4.69, 9.17) is 0 Å². The van der Waals surface area contributed by atoms with Crippen molar-refractivity contribution in [2.24, 2.45) is 0 Å². The van der Waals surface area contributed by atoms with Gasteiger partial charge in [-0.1, -0.05) is 0 Å². The maximum atomic E-state index is 12.2. The number of nitrogens with zero attached hydrogens (tertiary/aromatic N) is 1. The van der Waals surface area contributed by atoms with Crippen LogP contribution in [0.1, 0.15) is 26.2 Å². The Morgan fingerprint density at radius 1 is 1.64 bits per heavy atom. The molecule has 0 amide bonds. The van der Waals surface area contributed by atoms with Gasteiger partial charge in [0.15, 0.2) is 0 Å². The van der Waals surface area contributed by atoms with E-state index in [9.17, 15) is 4.39 Å². The first-order valence-electron chi connectivity index (χ1n) is 4.28. The summed E-state index contributed by atoms with van der Waals surface area (Å²) < 4.78 is 12.2. The highest BCUT2D eigenvalue weighted by Gasteiger charge is 2.42. The van der Waals surface area contributed by atoms with Crippen molar-refractivity contribution in [1.29, 1.82) is 0 Å². The molecule has 2 saturated heterocycles. The van der Waals surface area contributed by atoms with E-state index < -0.39 is 0 Å². The van der Waals surface area contributed by atoms with Gasteiger partial charge < -0.3 is 0 Å². The molecule has 0 spiro atoms. The summed E-state index contributed by atoms with van der Waals surface area (Å²) in [6.07, 6.45) is 4.27. The summed E-state index contributed by atoms with van der Waals surface area (Å²) in [7, 11) is 0. The van der Waals surface area contributed by atoms with Crippen LogP contribution in [0.4, 0.5) is 4.39 Å². The van der Waals surface area contributed by atoms with Crippen molar-refractivity contribution < 1.29 is 4.39 Å². The molecule has 2 aliphatic heterocycles. The molecule has 0 aromatic heterocycles. The van der Waals surface area contributed by atoms with E-state index in [0.717, 1.165) is 31.4 Å². The molecule has 1 nitrogen and oxygen atoms in total. The fraction of sp³-hybridized carbons (Fsp3) is 0.778. The molecule has 0 aromatic carbocycles. The molecule has 1 atom stereocenters. The zero-order valence-corrected chi connectivity index (χ0v) is 6.94. The fourth-order valence-electron chi connectivity index (χ4n) is 2.41. The van der Waals surface area contributed by atoms with Crippen LogP contribution in [0.2, 0.25) is 0 Å². The first-order valence-corrected chi connectivity index (χ1v) is 4.28. The minimum Gasteiger partial charge on any atom is -0.294 e. The lowest BCUT2D eigenvalue weighted by molar-refractivity contribution is 0.218. The van der Waals surface area contributed by atoms with Crippen LogP contribution in [0.5, 0.6) is 0 Å². The normalized spacial score (nSPS) is 41.8. The zero-order valence-electron chi connectivity index (χ0n) is 6.94. The molecule has 0 aromatic rings. The van der Waals surface area contributed by atoms with E-state index in [1.165, 1.54) is 12.8 Å². The second-order valence-corrected chi connectivity index (χ2v) is 3.97. The number of fused-ring (bicyclic) bond motifs is 1. The number of hydrogen-bond acceptors (Lipinski definition) is 1. The second-order valence-electron chi connectivity index (χ2n) is 3.97. The van der Waals surface area contributed by atoms with Gasteiger partial charge >= 0.3 is 0 Å². The van der Waals surface area contributed by atoms with Crippen molar-refractivity contribution in [3.05, 3.63) is 11.9 Å². The summed E-state index contributed by atoms with van der Waals surface area (Å²) in [6.45, 7) is 4.28. The Hall–Kier alpha value is -0.370. The smallest absolute Gasteiger partial charge is 0.0872 e. The van der Waals surface area contributed by atoms with Gasteiger partial charge in [0.25, 0.3) is 0 Å². The van der Waals surface area contributed by atoms with Crippen LogP contribution in [0.15, 0.2) is 11.9 Å². The van der Waals surface area contributed by atoms with E-state index in [-0.39, 0.29) is 0 Å². The third kappa shape index (κ3) is 1.00. The Kier molecular flexibility index (Phi) is 1.53. The minimum absolute atomic E-state index is 0.303. The maximum absolute atomic E-state index is 12.2. The molecule has 0 N–H and O–H groups in total. The van der Waals surface area contributed by atoms with Crippen molar-refractivity contribution in [1.82, 2.24) is 4.90 Å². The molecule has 0 aliphatic carbocycles. The van der Waals surface area contributed by atoms with Gasteiger partial charge in [-0.3, -0.25) is 4.90 Å². The lowest BCUT2D eigenvalue weighted by Crippen LogP contribution is -2.34. The SMILES string of the molecule is C[C@@]12CCCN1C/C(=C\F)C2. The van der Waals surface area contributed by atoms with Crippen LogP contribution in [-0.2, 0) is 0 Å². The molecular weight excluding hydrogens is 141 g/mol.